The molecule has 34 heavy (non-hydrogen) atoms. The van der Waals surface area contributed by atoms with Gasteiger partial charge in [0.05, 0.1) is 17.1 Å². The zero-order chi connectivity index (χ0) is 25.7. The molecule has 0 radical (unpaired) electrons. The van der Waals surface area contributed by atoms with Crippen molar-refractivity contribution in [2.24, 2.45) is 0 Å². The Morgan fingerprint density at radius 2 is 1.53 bits per heavy atom. The van der Waals surface area contributed by atoms with Gasteiger partial charge < -0.3 is 19.5 Å². The van der Waals surface area contributed by atoms with E-state index >= 15 is 0 Å². The van der Waals surface area contributed by atoms with E-state index in [1.54, 1.807) is 0 Å². The SMILES string of the molecule is O=C(OCCC(O)(C(F)(F)F)C(F)(F)F)c1cc(S(=O)(=O)[O-])c2cc3ccc(O)cc3cc2c1. The fraction of sp³-hybridized carbons (Fsp3) is 0.250. The molecule has 0 fully saturated rings. The van der Waals surface area contributed by atoms with Gasteiger partial charge in [0.2, 0.25) is 0 Å². The molecule has 3 rings (SSSR count). The molecule has 0 saturated carbocycles. The van der Waals surface area contributed by atoms with E-state index in [0.29, 0.717) is 16.8 Å². The fourth-order valence-electron chi connectivity index (χ4n) is 3.21. The minimum Gasteiger partial charge on any atom is -0.744 e. The molecule has 0 spiro atoms. The third-order valence-corrected chi connectivity index (χ3v) is 5.87. The molecule has 0 amide bonds. The average Bonchev–Trinajstić information content (AvgIpc) is 2.68. The molecule has 3 aromatic rings. The van der Waals surface area contributed by atoms with Gasteiger partial charge in [-0.3, -0.25) is 0 Å². The van der Waals surface area contributed by atoms with Crippen LogP contribution >= 0.6 is 0 Å². The van der Waals surface area contributed by atoms with E-state index in [9.17, 15) is 49.2 Å². The van der Waals surface area contributed by atoms with Crippen molar-refractivity contribution in [1.29, 1.82) is 0 Å². The molecule has 0 aliphatic carbocycles. The highest BCUT2D eigenvalue weighted by Crippen LogP contribution is 2.45. The first kappa shape index (κ1) is 25.5. The van der Waals surface area contributed by atoms with Gasteiger partial charge in [-0.25, -0.2) is 13.2 Å². The van der Waals surface area contributed by atoms with Gasteiger partial charge in [0, 0.05) is 6.42 Å². The molecule has 0 aromatic heterocycles. The Kier molecular flexibility index (Phi) is 6.22. The second kappa shape index (κ2) is 8.29. The highest BCUT2D eigenvalue weighted by atomic mass is 32.2. The van der Waals surface area contributed by atoms with Gasteiger partial charge in [-0.15, -0.1) is 0 Å². The molecule has 0 aliphatic heterocycles. The lowest BCUT2D eigenvalue weighted by molar-refractivity contribution is -0.371. The van der Waals surface area contributed by atoms with E-state index in [1.165, 1.54) is 30.3 Å². The predicted octanol–water partition coefficient (Wildman–Crippen LogP) is 4.01. The number of phenolic OH excluding ortho intramolecular Hbond substituents is 1. The van der Waals surface area contributed by atoms with Crippen LogP contribution in [0, 0.1) is 0 Å². The monoisotopic (exact) mass is 511 g/mol. The Balaban J connectivity index is 1.99. The van der Waals surface area contributed by atoms with E-state index in [0.717, 1.165) is 6.07 Å². The summed E-state index contributed by atoms with van der Waals surface area (Å²) in [5.74, 6) is -1.68. The number of carbonyl (C=O) groups excluding carboxylic acids is 1. The number of aliphatic hydroxyl groups is 1. The number of fused-ring (bicyclic) bond motifs is 2. The number of alkyl halides is 6. The van der Waals surface area contributed by atoms with Crippen LogP contribution in [0.15, 0.2) is 47.4 Å². The molecule has 14 heteroatoms. The molecule has 0 atom stereocenters. The standard InChI is InChI=1S/C20H14F6O7S/c21-19(22,23)18(29,20(24,25)26)3-4-33-17(28)13-6-12-5-11-7-14(27)2-1-10(11)8-15(12)16(9-13)34(30,31)32/h1-2,5-9,27,29H,3-4H2,(H,30,31,32)/p-1. The van der Waals surface area contributed by atoms with Crippen LogP contribution in [0.2, 0.25) is 0 Å². The van der Waals surface area contributed by atoms with Crippen molar-refractivity contribution in [2.75, 3.05) is 6.61 Å². The maximum Gasteiger partial charge on any atom is 0.426 e. The number of hydrogen-bond acceptors (Lipinski definition) is 7. The Hall–Kier alpha value is -3.10. The number of hydrogen-bond donors (Lipinski definition) is 2. The molecule has 7 nitrogen and oxygen atoms in total. The molecule has 0 heterocycles. The van der Waals surface area contributed by atoms with Gasteiger partial charge in [0.15, 0.2) is 0 Å². The minimum absolute atomic E-state index is 0.0101. The van der Waals surface area contributed by atoms with Crippen molar-refractivity contribution in [3.8, 4) is 5.75 Å². The molecule has 184 valence electrons. The third kappa shape index (κ3) is 4.74. The fourth-order valence-corrected chi connectivity index (χ4v) is 3.92. The van der Waals surface area contributed by atoms with Crippen molar-refractivity contribution in [3.05, 3.63) is 48.0 Å². The molecular weight excluding hydrogens is 498 g/mol. The van der Waals surface area contributed by atoms with Crippen LogP contribution in [0.5, 0.6) is 5.75 Å². The lowest BCUT2D eigenvalue weighted by Crippen LogP contribution is -2.57. The Labute approximate surface area is 186 Å². The summed E-state index contributed by atoms with van der Waals surface area (Å²) < 4.78 is 116. The molecule has 0 unspecified atom stereocenters. The van der Waals surface area contributed by atoms with Crippen LogP contribution in [0.1, 0.15) is 16.8 Å². The highest BCUT2D eigenvalue weighted by Gasteiger charge is 2.70. The Morgan fingerprint density at radius 3 is 2.09 bits per heavy atom. The first-order valence-electron chi connectivity index (χ1n) is 9.13. The van der Waals surface area contributed by atoms with Crippen LogP contribution in [-0.4, -0.2) is 53.7 Å². The maximum absolute atomic E-state index is 12.7. The summed E-state index contributed by atoms with van der Waals surface area (Å²) >= 11 is 0. The van der Waals surface area contributed by atoms with E-state index < -0.39 is 57.5 Å². The van der Waals surface area contributed by atoms with E-state index in [2.05, 4.69) is 4.74 Å². The summed E-state index contributed by atoms with van der Waals surface area (Å²) in [6.07, 6.45) is -14.3. The minimum atomic E-state index is -6.11. The van der Waals surface area contributed by atoms with Gasteiger partial charge in [0.1, 0.15) is 15.9 Å². The molecular formula is C20H13F6O7S-. The van der Waals surface area contributed by atoms with Crippen molar-refractivity contribution in [2.45, 2.75) is 29.3 Å². The van der Waals surface area contributed by atoms with Gasteiger partial charge in [-0.2, -0.15) is 26.3 Å². The van der Waals surface area contributed by atoms with Crippen molar-refractivity contribution in [1.82, 2.24) is 0 Å². The van der Waals surface area contributed by atoms with Crippen LogP contribution in [0.4, 0.5) is 26.3 Å². The smallest absolute Gasteiger partial charge is 0.426 e. The van der Waals surface area contributed by atoms with Gasteiger partial charge >= 0.3 is 18.3 Å². The van der Waals surface area contributed by atoms with Crippen LogP contribution in [0.3, 0.4) is 0 Å². The summed E-state index contributed by atoms with van der Waals surface area (Å²) in [5, 5.41) is 19.4. The number of esters is 1. The number of carbonyl (C=O) groups is 1. The van der Waals surface area contributed by atoms with Crippen LogP contribution < -0.4 is 0 Å². The number of phenols is 1. The zero-order valence-electron chi connectivity index (χ0n) is 16.6. The second-order valence-corrected chi connectivity index (χ2v) is 8.62. The largest absolute Gasteiger partial charge is 0.744 e. The zero-order valence-corrected chi connectivity index (χ0v) is 17.4. The molecule has 2 N–H and O–H groups in total. The van der Waals surface area contributed by atoms with Crippen LogP contribution in [0.25, 0.3) is 21.5 Å². The number of aromatic hydroxyl groups is 1. The van der Waals surface area contributed by atoms with Gasteiger partial charge in [0.25, 0.3) is 5.60 Å². The molecule has 0 aliphatic rings. The summed E-state index contributed by atoms with van der Waals surface area (Å²) in [5.41, 5.74) is -5.79. The van der Waals surface area contributed by atoms with E-state index in [-0.39, 0.29) is 16.5 Å². The summed E-state index contributed by atoms with van der Waals surface area (Å²) in [6, 6.07) is 8.21. The van der Waals surface area contributed by atoms with Crippen LogP contribution in [-0.2, 0) is 14.9 Å². The molecule has 3 aromatic carbocycles. The van der Waals surface area contributed by atoms with Crippen molar-refractivity contribution in [3.63, 3.8) is 0 Å². The summed E-state index contributed by atoms with van der Waals surface area (Å²) in [4.78, 5) is 11.4. The maximum atomic E-state index is 12.7. The first-order chi connectivity index (χ1) is 15.4. The summed E-state index contributed by atoms with van der Waals surface area (Å²) in [7, 11) is -5.19. The van der Waals surface area contributed by atoms with Crippen molar-refractivity contribution >= 4 is 37.6 Å². The third-order valence-electron chi connectivity index (χ3n) is 5.00. The molecule has 0 bridgehead atoms. The summed E-state index contributed by atoms with van der Waals surface area (Å²) in [6.45, 7) is -1.53. The number of rotatable bonds is 5. The number of halogens is 6. The second-order valence-electron chi connectivity index (χ2n) is 7.28. The van der Waals surface area contributed by atoms with E-state index in [4.69, 9.17) is 5.11 Å². The van der Waals surface area contributed by atoms with Gasteiger partial charge in [-0.1, -0.05) is 6.07 Å². The number of benzene rings is 3. The normalized spacial score (nSPS) is 13.4. The van der Waals surface area contributed by atoms with E-state index in [1.807, 2.05) is 0 Å². The van der Waals surface area contributed by atoms with Gasteiger partial charge in [-0.05, 0) is 57.9 Å². The molecule has 0 saturated heterocycles. The first-order valence-corrected chi connectivity index (χ1v) is 10.5. The topological polar surface area (TPSA) is 124 Å². The number of ether oxygens (including phenoxy) is 1. The quantitative estimate of drug-likeness (QED) is 0.230. The predicted molar refractivity (Wildman–Crippen MR) is 103 cm³/mol. The lowest BCUT2D eigenvalue weighted by atomic mass is 9.99. The van der Waals surface area contributed by atoms with Crippen molar-refractivity contribution < 1.29 is 59.1 Å². The highest BCUT2D eigenvalue weighted by molar-refractivity contribution is 7.86. The average molecular weight is 511 g/mol. The Bertz CT molecular complexity index is 1370. The Morgan fingerprint density at radius 1 is 0.912 bits per heavy atom. The lowest BCUT2D eigenvalue weighted by Gasteiger charge is -2.32.